The predicted octanol–water partition coefficient (Wildman–Crippen LogP) is 1.84. The number of nitrogens with zero attached hydrogens (tertiary/aromatic N) is 6. The zero-order valence-electron chi connectivity index (χ0n) is 9.21. The van der Waals surface area contributed by atoms with Crippen LogP contribution in [0, 0.1) is 0 Å². The molecule has 16 heavy (non-hydrogen) atoms. The van der Waals surface area contributed by atoms with Crippen LogP contribution in [0.5, 0.6) is 0 Å². The van der Waals surface area contributed by atoms with E-state index < -0.39 is 19.4 Å². The van der Waals surface area contributed by atoms with E-state index in [1.54, 1.807) is 0 Å². The fourth-order valence-electron chi connectivity index (χ4n) is 1.40. The molecule has 9 heteroatoms. The van der Waals surface area contributed by atoms with Gasteiger partial charge in [-0.05, 0) is 20.9 Å². The number of azide groups is 2. The first kappa shape index (κ1) is 19.0. The average molecular weight is 283 g/mol. The monoisotopic (exact) mass is 282 g/mol. The Balaban J connectivity index is 0. The number of unbranched alkanes of at least 4 members (excludes halogenated alkanes) is 3. The van der Waals surface area contributed by atoms with Crippen LogP contribution in [0.1, 0.15) is 39.0 Å². The van der Waals surface area contributed by atoms with E-state index in [1.807, 2.05) is 0 Å². The zero-order chi connectivity index (χ0) is 11.4. The summed E-state index contributed by atoms with van der Waals surface area (Å²) in [7, 11) is -1.45. The molecule has 0 heterocycles. The number of rotatable bonds is 9. The van der Waals surface area contributed by atoms with Crippen LogP contribution in [0.3, 0.4) is 0 Å². The van der Waals surface area contributed by atoms with Crippen LogP contribution >= 0.6 is 0 Å². The van der Waals surface area contributed by atoms with E-state index in [0.717, 1.165) is 6.42 Å². The Labute approximate surface area is 143 Å². The van der Waals surface area contributed by atoms with Crippen LogP contribution in [0.15, 0.2) is 9.56 Å². The van der Waals surface area contributed by atoms with E-state index in [1.165, 1.54) is 25.7 Å². The fourth-order valence-corrected chi connectivity index (χ4v) is 4.11. The zero-order valence-corrected chi connectivity index (χ0v) is 12.0. The molecular weight excluding hydrogens is 263 g/mol. The summed E-state index contributed by atoms with van der Waals surface area (Å²) in [5, 5.41) is 0.480. The Hall–Kier alpha value is 0.690. The Bertz CT molecular complexity index is 231. The van der Waals surface area contributed by atoms with Crippen molar-refractivity contribution in [2.75, 3.05) is 0 Å². The van der Waals surface area contributed by atoms with E-state index >= 15 is 0 Å². The molecule has 0 amide bonds. The molecule has 0 spiro atoms. The van der Waals surface area contributed by atoms with E-state index in [-0.39, 0.29) is 51.4 Å². The van der Waals surface area contributed by atoms with Crippen molar-refractivity contribution in [2.45, 2.75) is 44.2 Å². The van der Waals surface area contributed by atoms with Crippen LogP contribution in [0.25, 0.3) is 20.9 Å². The first-order chi connectivity index (χ1) is 7.35. The molecule has 6 nitrogen and oxygen atoms in total. The normalized spacial score (nSPS) is 12.1. The first-order valence-corrected chi connectivity index (χ1v) is 8.26. The van der Waals surface area contributed by atoms with Crippen LogP contribution in [0.2, 0.25) is 5.16 Å². The van der Waals surface area contributed by atoms with Crippen LogP contribution in [-0.2, 0) is 0 Å². The summed E-state index contributed by atoms with van der Waals surface area (Å²) in [5.41, 5.74) is 16.5. The van der Waals surface area contributed by atoms with E-state index in [0.29, 0.717) is 5.16 Å². The number of hydrogen-bond acceptors (Lipinski definition) is 2. The molecule has 0 aliphatic heterocycles. The third kappa shape index (κ3) is 12.8. The van der Waals surface area contributed by atoms with Gasteiger partial charge in [0.25, 0.3) is 0 Å². The fraction of sp³-hybridized carbons (Fsp3) is 1.00. The van der Waals surface area contributed by atoms with E-state index in [2.05, 4.69) is 26.3 Å². The summed E-state index contributed by atoms with van der Waals surface area (Å²) in [6, 6.07) is 0. The quantitative estimate of drug-likeness (QED) is 0.203. The minimum absolute atomic E-state index is 0. The molecule has 0 saturated heterocycles. The molecule has 0 bridgehead atoms. The molecule has 0 aromatic heterocycles. The Kier molecular flexibility index (Phi) is 18.7. The SMILES string of the molecule is CCCCCCC([SiH2]N=[N+]=[N-])[SiH2]N=[N+]=[N-].[KH]. The van der Waals surface area contributed by atoms with Crippen molar-refractivity contribution in [3.8, 4) is 0 Å². The van der Waals surface area contributed by atoms with Crippen LogP contribution in [-0.4, -0.2) is 70.7 Å². The van der Waals surface area contributed by atoms with Crippen molar-refractivity contribution >= 4 is 70.7 Å². The predicted molar refractivity (Wildman–Crippen MR) is 75.0 cm³/mol. The molecule has 0 aromatic rings. The molecule has 0 fully saturated rings. The van der Waals surface area contributed by atoms with Gasteiger partial charge in [0.15, 0.2) is 0 Å². The molecule has 0 aliphatic rings. The van der Waals surface area contributed by atoms with Gasteiger partial charge in [-0.3, -0.25) is 0 Å². The van der Waals surface area contributed by atoms with Crippen molar-refractivity contribution in [2.24, 2.45) is 9.56 Å². The first-order valence-electron chi connectivity index (χ1n) is 5.36. The van der Waals surface area contributed by atoms with Crippen LogP contribution in [0.4, 0.5) is 0 Å². The molecule has 0 rings (SSSR count). The molecule has 0 unspecified atom stereocenters. The second-order valence-electron chi connectivity index (χ2n) is 3.54. The van der Waals surface area contributed by atoms with Gasteiger partial charge in [-0.25, -0.2) is 0 Å². The second kappa shape index (κ2) is 15.7. The summed E-state index contributed by atoms with van der Waals surface area (Å²) in [6.07, 6.45) is 6.00. The van der Waals surface area contributed by atoms with Gasteiger partial charge in [0.1, 0.15) is 19.4 Å². The summed E-state index contributed by atoms with van der Waals surface area (Å²) in [6.45, 7) is 2.18. The molecule has 0 saturated carbocycles. The standard InChI is InChI=1S/C7H18N6Si2.K.H/c1-2-3-4-5-6-7(14-12-10-8)15-13-11-9;;/h7H,2-6,14-15H2,1H3;;. The minimum atomic E-state index is -0.724. The van der Waals surface area contributed by atoms with Crippen molar-refractivity contribution in [1.82, 2.24) is 0 Å². The maximum absolute atomic E-state index is 8.26. The summed E-state index contributed by atoms with van der Waals surface area (Å²) >= 11 is 0. The topological polar surface area (TPSA) is 97.5 Å². The molecule has 0 atom stereocenters. The molecular formula is C7H19KN6Si2. The average Bonchev–Trinajstić information content (AvgIpc) is 2.27. The van der Waals surface area contributed by atoms with Gasteiger partial charge in [0.2, 0.25) is 0 Å². The summed E-state index contributed by atoms with van der Waals surface area (Å²) in [5.74, 6) is 0. The second-order valence-corrected chi connectivity index (χ2v) is 8.30. The third-order valence-corrected chi connectivity index (χ3v) is 6.25. The molecule has 0 N–H and O–H groups in total. The third-order valence-electron chi connectivity index (χ3n) is 2.27. The molecule has 0 aliphatic carbocycles. The Morgan fingerprint density at radius 2 is 1.62 bits per heavy atom. The van der Waals surface area contributed by atoms with Crippen LogP contribution < -0.4 is 0 Å². The molecule has 0 radical (unpaired) electrons. The molecule has 86 valence electrons. The van der Waals surface area contributed by atoms with Crippen molar-refractivity contribution in [1.29, 1.82) is 0 Å². The van der Waals surface area contributed by atoms with Crippen molar-refractivity contribution in [3.63, 3.8) is 0 Å². The van der Waals surface area contributed by atoms with Gasteiger partial charge in [-0.2, -0.15) is 0 Å². The van der Waals surface area contributed by atoms with Crippen molar-refractivity contribution < 1.29 is 0 Å². The Morgan fingerprint density at radius 1 is 1.06 bits per heavy atom. The van der Waals surface area contributed by atoms with E-state index in [4.69, 9.17) is 11.1 Å². The molecule has 0 aromatic carbocycles. The van der Waals surface area contributed by atoms with Gasteiger partial charge < -0.3 is 0 Å². The maximum atomic E-state index is 8.26. The van der Waals surface area contributed by atoms with Gasteiger partial charge in [0, 0.05) is 0 Å². The summed E-state index contributed by atoms with van der Waals surface area (Å²) in [4.78, 5) is 5.60. The van der Waals surface area contributed by atoms with Crippen molar-refractivity contribution in [3.05, 3.63) is 20.9 Å². The Morgan fingerprint density at radius 3 is 2.06 bits per heavy atom. The van der Waals surface area contributed by atoms with Gasteiger partial charge in [-0.15, -0.1) is 9.56 Å². The van der Waals surface area contributed by atoms with E-state index in [9.17, 15) is 0 Å². The number of hydrogen-bond donors (Lipinski definition) is 0. The van der Waals surface area contributed by atoms with Gasteiger partial charge in [0.05, 0.1) is 0 Å². The van der Waals surface area contributed by atoms with Gasteiger partial charge in [-0.1, -0.05) is 44.2 Å². The summed E-state index contributed by atoms with van der Waals surface area (Å²) < 4.78 is 7.39. The van der Waals surface area contributed by atoms with Gasteiger partial charge >= 0.3 is 51.4 Å².